The van der Waals surface area contributed by atoms with E-state index in [1.54, 1.807) is 7.11 Å². The summed E-state index contributed by atoms with van der Waals surface area (Å²) in [6, 6.07) is 7.41. The van der Waals surface area contributed by atoms with E-state index in [1.165, 1.54) is 0 Å². The second-order valence-electron chi connectivity index (χ2n) is 5.27. The maximum Gasteiger partial charge on any atom is 0.320 e. The van der Waals surface area contributed by atoms with Gasteiger partial charge in [0.05, 0.1) is 7.11 Å². The highest BCUT2D eigenvalue weighted by Crippen LogP contribution is 2.27. The summed E-state index contributed by atoms with van der Waals surface area (Å²) in [6.45, 7) is 3.58. The lowest BCUT2D eigenvalue weighted by Gasteiger charge is -2.36. The molecular formula is C15H21NO3. The van der Waals surface area contributed by atoms with Crippen LogP contribution in [0.2, 0.25) is 0 Å². The van der Waals surface area contributed by atoms with Crippen LogP contribution in [0.3, 0.4) is 0 Å². The van der Waals surface area contributed by atoms with Gasteiger partial charge in [0.2, 0.25) is 0 Å². The summed E-state index contributed by atoms with van der Waals surface area (Å²) in [5, 5.41) is 9.36. The summed E-state index contributed by atoms with van der Waals surface area (Å²) in [5.74, 6) is 0.585. The van der Waals surface area contributed by atoms with Gasteiger partial charge in [-0.15, -0.1) is 0 Å². The maximum atomic E-state index is 11.4. The number of hydrogen-bond donors (Lipinski definition) is 1. The number of hydrogen-bond acceptors (Lipinski definition) is 3. The van der Waals surface area contributed by atoms with Crippen LogP contribution in [0.25, 0.3) is 0 Å². The average Bonchev–Trinajstić information content (AvgIpc) is 2.41. The van der Waals surface area contributed by atoms with E-state index in [-0.39, 0.29) is 6.04 Å². The fourth-order valence-electron chi connectivity index (χ4n) is 2.69. The van der Waals surface area contributed by atoms with Crippen LogP contribution in [0.5, 0.6) is 5.75 Å². The summed E-state index contributed by atoms with van der Waals surface area (Å²) in [6.07, 6.45) is 1.78. The van der Waals surface area contributed by atoms with Crippen LogP contribution in [0.15, 0.2) is 24.3 Å². The minimum Gasteiger partial charge on any atom is -0.496 e. The second kappa shape index (κ2) is 6.06. The van der Waals surface area contributed by atoms with Crippen LogP contribution in [-0.4, -0.2) is 35.7 Å². The molecule has 0 amide bonds. The number of aliphatic carboxylic acids is 1. The van der Waals surface area contributed by atoms with Gasteiger partial charge in [-0.1, -0.05) is 25.1 Å². The van der Waals surface area contributed by atoms with E-state index >= 15 is 0 Å². The van der Waals surface area contributed by atoms with Crippen LogP contribution in [0.1, 0.15) is 25.3 Å². The molecule has 2 atom stereocenters. The van der Waals surface area contributed by atoms with Gasteiger partial charge in [0.1, 0.15) is 11.8 Å². The number of piperidine rings is 1. The molecule has 2 unspecified atom stereocenters. The van der Waals surface area contributed by atoms with E-state index in [0.29, 0.717) is 12.5 Å². The fourth-order valence-corrected chi connectivity index (χ4v) is 2.69. The van der Waals surface area contributed by atoms with Crippen LogP contribution in [-0.2, 0) is 11.3 Å². The number of carbonyl (C=O) groups is 1. The number of nitrogens with zero attached hydrogens (tertiary/aromatic N) is 1. The fraction of sp³-hybridized carbons (Fsp3) is 0.533. The topological polar surface area (TPSA) is 49.8 Å². The number of carboxylic acids is 1. The summed E-state index contributed by atoms with van der Waals surface area (Å²) in [7, 11) is 1.64. The first kappa shape index (κ1) is 13.9. The monoisotopic (exact) mass is 263 g/mol. The summed E-state index contributed by atoms with van der Waals surface area (Å²) >= 11 is 0. The van der Waals surface area contributed by atoms with Gasteiger partial charge in [-0.25, -0.2) is 0 Å². The lowest BCUT2D eigenvalue weighted by molar-refractivity contribution is -0.145. The first-order valence-corrected chi connectivity index (χ1v) is 6.70. The minimum atomic E-state index is -0.721. The van der Waals surface area contributed by atoms with Crippen molar-refractivity contribution in [1.29, 1.82) is 0 Å². The molecule has 1 N–H and O–H groups in total. The molecule has 19 heavy (non-hydrogen) atoms. The van der Waals surface area contributed by atoms with Crippen LogP contribution in [0, 0.1) is 5.92 Å². The standard InChI is InChI=1S/C15H21NO3/c1-11-7-8-16(13(9-11)15(17)18)10-12-5-3-4-6-14(12)19-2/h3-6,11,13H,7-10H2,1-2H3,(H,17,18). The Morgan fingerprint density at radius 1 is 1.47 bits per heavy atom. The zero-order valence-corrected chi connectivity index (χ0v) is 11.5. The van der Waals surface area contributed by atoms with Crippen LogP contribution < -0.4 is 4.74 Å². The largest absolute Gasteiger partial charge is 0.496 e. The molecule has 1 saturated heterocycles. The normalized spacial score (nSPS) is 24.1. The van der Waals surface area contributed by atoms with Crippen molar-refractivity contribution >= 4 is 5.97 Å². The highest BCUT2D eigenvalue weighted by Gasteiger charge is 2.31. The van der Waals surface area contributed by atoms with E-state index in [1.807, 2.05) is 29.2 Å². The van der Waals surface area contributed by atoms with Gasteiger partial charge < -0.3 is 9.84 Å². The number of likely N-dealkylation sites (tertiary alicyclic amines) is 1. The molecule has 1 aliphatic rings. The Bertz CT molecular complexity index is 447. The lowest BCUT2D eigenvalue weighted by atomic mass is 9.92. The lowest BCUT2D eigenvalue weighted by Crippen LogP contribution is -2.46. The van der Waals surface area contributed by atoms with Gasteiger partial charge in [-0.3, -0.25) is 9.69 Å². The van der Waals surface area contributed by atoms with Crippen molar-refractivity contribution in [2.75, 3.05) is 13.7 Å². The predicted molar refractivity (Wildman–Crippen MR) is 73.2 cm³/mol. The van der Waals surface area contributed by atoms with Gasteiger partial charge in [0.15, 0.2) is 0 Å². The highest BCUT2D eigenvalue weighted by atomic mass is 16.5. The predicted octanol–water partition coefficient (Wildman–Crippen LogP) is 2.38. The maximum absolute atomic E-state index is 11.4. The molecule has 1 heterocycles. The Kier molecular flexibility index (Phi) is 4.43. The van der Waals surface area contributed by atoms with Gasteiger partial charge in [-0.2, -0.15) is 0 Å². The van der Waals surface area contributed by atoms with Crippen molar-refractivity contribution in [3.63, 3.8) is 0 Å². The third-order valence-electron chi connectivity index (χ3n) is 3.83. The number of ether oxygens (including phenoxy) is 1. The van der Waals surface area contributed by atoms with Crippen molar-refractivity contribution in [1.82, 2.24) is 4.90 Å². The third kappa shape index (κ3) is 3.26. The van der Waals surface area contributed by atoms with Crippen LogP contribution >= 0.6 is 0 Å². The van der Waals surface area contributed by atoms with E-state index in [0.717, 1.165) is 30.7 Å². The van der Waals surface area contributed by atoms with Gasteiger partial charge in [0, 0.05) is 12.1 Å². The molecule has 4 nitrogen and oxygen atoms in total. The van der Waals surface area contributed by atoms with Crippen LogP contribution in [0.4, 0.5) is 0 Å². The Morgan fingerprint density at radius 3 is 2.89 bits per heavy atom. The number of rotatable bonds is 4. The second-order valence-corrected chi connectivity index (χ2v) is 5.27. The molecule has 0 aromatic heterocycles. The Hall–Kier alpha value is -1.55. The van der Waals surface area contributed by atoms with Gasteiger partial charge >= 0.3 is 5.97 Å². The average molecular weight is 263 g/mol. The van der Waals surface area contributed by atoms with E-state index < -0.39 is 5.97 Å². The molecule has 1 aromatic rings. The molecule has 2 rings (SSSR count). The molecule has 4 heteroatoms. The van der Waals surface area contributed by atoms with Crippen molar-refractivity contribution in [3.05, 3.63) is 29.8 Å². The number of carboxylic acid groups (broad SMARTS) is 1. The quantitative estimate of drug-likeness (QED) is 0.906. The molecule has 0 radical (unpaired) electrons. The van der Waals surface area contributed by atoms with Crippen molar-refractivity contribution in [2.24, 2.45) is 5.92 Å². The molecule has 1 aliphatic heterocycles. The zero-order chi connectivity index (χ0) is 13.8. The Balaban J connectivity index is 2.14. The van der Waals surface area contributed by atoms with Gasteiger partial charge in [0.25, 0.3) is 0 Å². The SMILES string of the molecule is COc1ccccc1CN1CCC(C)CC1C(=O)O. The summed E-state index contributed by atoms with van der Waals surface area (Å²) in [4.78, 5) is 13.4. The smallest absolute Gasteiger partial charge is 0.320 e. The molecule has 0 bridgehead atoms. The number of methoxy groups -OCH3 is 1. The van der Waals surface area contributed by atoms with Crippen molar-refractivity contribution < 1.29 is 14.6 Å². The molecule has 1 aromatic carbocycles. The van der Waals surface area contributed by atoms with E-state index in [4.69, 9.17) is 4.74 Å². The number of benzene rings is 1. The van der Waals surface area contributed by atoms with Gasteiger partial charge in [-0.05, 0) is 31.4 Å². The Labute approximate surface area is 114 Å². The highest BCUT2D eigenvalue weighted by molar-refractivity contribution is 5.73. The van der Waals surface area contributed by atoms with E-state index in [2.05, 4.69) is 6.92 Å². The first-order valence-electron chi connectivity index (χ1n) is 6.70. The van der Waals surface area contributed by atoms with E-state index in [9.17, 15) is 9.90 Å². The zero-order valence-electron chi connectivity index (χ0n) is 11.5. The third-order valence-corrected chi connectivity index (χ3v) is 3.83. The minimum absolute atomic E-state index is 0.381. The molecule has 1 fully saturated rings. The van der Waals surface area contributed by atoms with Crippen molar-refractivity contribution in [2.45, 2.75) is 32.4 Å². The number of para-hydroxylation sites is 1. The first-order chi connectivity index (χ1) is 9.11. The summed E-state index contributed by atoms with van der Waals surface area (Å²) < 4.78 is 5.33. The molecule has 0 aliphatic carbocycles. The summed E-state index contributed by atoms with van der Waals surface area (Å²) in [5.41, 5.74) is 1.05. The van der Waals surface area contributed by atoms with Crippen molar-refractivity contribution in [3.8, 4) is 5.75 Å². The Morgan fingerprint density at radius 2 is 2.21 bits per heavy atom. The molecule has 0 spiro atoms. The molecule has 104 valence electrons. The molecule has 0 saturated carbocycles. The molecular weight excluding hydrogens is 242 g/mol.